The van der Waals surface area contributed by atoms with E-state index in [1.165, 1.54) is 23.5 Å². The third-order valence-electron chi connectivity index (χ3n) is 3.56. The molecule has 0 saturated heterocycles. The highest BCUT2D eigenvalue weighted by Gasteiger charge is 2.23. The van der Waals surface area contributed by atoms with Crippen LogP contribution < -0.4 is 5.32 Å². The molecule has 0 radical (unpaired) electrons. The maximum atomic E-state index is 12.0. The molecular weight excluding hydrogens is 270 g/mol. The molecule has 0 aliphatic heterocycles. The summed E-state index contributed by atoms with van der Waals surface area (Å²) in [6.45, 7) is 4.01. The van der Waals surface area contributed by atoms with Crippen molar-refractivity contribution in [3.8, 4) is 5.82 Å². The van der Waals surface area contributed by atoms with Crippen LogP contribution in [0.25, 0.3) is 5.82 Å². The Morgan fingerprint density at radius 2 is 2.14 bits per heavy atom. The minimum absolute atomic E-state index is 0.226. The number of nitrogens with one attached hydrogen (secondary N) is 1. The van der Waals surface area contributed by atoms with Crippen LogP contribution in [-0.4, -0.2) is 42.9 Å². The molecule has 0 bridgehead atoms. The minimum atomic E-state index is -0.857. The van der Waals surface area contributed by atoms with Gasteiger partial charge in [-0.2, -0.15) is 5.10 Å². The van der Waals surface area contributed by atoms with E-state index >= 15 is 0 Å². The van der Waals surface area contributed by atoms with E-state index in [0.29, 0.717) is 24.2 Å². The van der Waals surface area contributed by atoms with Gasteiger partial charge in [0.05, 0.1) is 11.2 Å². The maximum Gasteiger partial charge on any atom is 0.252 e. The maximum absolute atomic E-state index is 12.0. The van der Waals surface area contributed by atoms with Crippen LogP contribution in [0.5, 0.6) is 0 Å². The van der Waals surface area contributed by atoms with Gasteiger partial charge in [0.1, 0.15) is 12.7 Å². The lowest BCUT2D eigenvalue weighted by molar-refractivity contribution is 0.0314. The molecule has 0 spiro atoms. The van der Waals surface area contributed by atoms with Crippen molar-refractivity contribution in [2.24, 2.45) is 0 Å². The van der Waals surface area contributed by atoms with E-state index < -0.39 is 5.60 Å². The Morgan fingerprint density at radius 3 is 2.67 bits per heavy atom. The normalized spacial score (nSPS) is 11.4. The lowest BCUT2D eigenvalue weighted by atomic mass is 9.97. The van der Waals surface area contributed by atoms with Gasteiger partial charge in [-0.25, -0.2) is 14.6 Å². The Bertz CT molecular complexity index is 576. The number of pyridine rings is 1. The largest absolute Gasteiger partial charge is 0.388 e. The van der Waals surface area contributed by atoms with Gasteiger partial charge in [0.2, 0.25) is 0 Å². The van der Waals surface area contributed by atoms with Gasteiger partial charge in [-0.3, -0.25) is 4.79 Å². The topological polar surface area (TPSA) is 92.9 Å². The van der Waals surface area contributed by atoms with Gasteiger partial charge < -0.3 is 10.4 Å². The van der Waals surface area contributed by atoms with Crippen molar-refractivity contribution >= 4 is 5.91 Å². The minimum Gasteiger partial charge on any atom is -0.388 e. The first-order chi connectivity index (χ1) is 10.1. The molecule has 0 fully saturated rings. The summed E-state index contributed by atoms with van der Waals surface area (Å²) in [6.07, 6.45) is 5.60. The number of aliphatic hydroxyl groups is 1. The fourth-order valence-corrected chi connectivity index (χ4v) is 1.83. The van der Waals surface area contributed by atoms with E-state index in [9.17, 15) is 9.90 Å². The molecule has 7 heteroatoms. The Kier molecular flexibility index (Phi) is 4.64. The smallest absolute Gasteiger partial charge is 0.252 e. The fraction of sp³-hybridized carbons (Fsp3) is 0.429. The third-order valence-corrected chi connectivity index (χ3v) is 3.56. The summed E-state index contributed by atoms with van der Waals surface area (Å²) in [5, 5.41) is 16.8. The van der Waals surface area contributed by atoms with Crippen molar-refractivity contribution in [1.82, 2.24) is 25.1 Å². The zero-order chi connectivity index (χ0) is 15.3. The predicted octanol–water partition coefficient (Wildman–Crippen LogP) is 0.943. The Hall–Kier alpha value is -2.28. The van der Waals surface area contributed by atoms with Gasteiger partial charge >= 0.3 is 0 Å². The van der Waals surface area contributed by atoms with E-state index in [1.54, 1.807) is 12.1 Å². The van der Waals surface area contributed by atoms with Crippen LogP contribution in [-0.2, 0) is 0 Å². The van der Waals surface area contributed by atoms with Gasteiger partial charge in [-0.05, 0) is 25.0 Å². The molecule has 2 aromatic rings. The number of carbonyl (C=O) groups excluding carboxylic acids is 1. The highest BCUT2D eigenvalue weighted by atomic mass is 16.3. The van der Waals surface area contributed by atoms with Crippen LogP contribution in [0, 0.1) is 0 Å². The summed E-state index contributed by atoms with van der Waals surface area (Å²) >= 11 is 0. The third kappa shape index (κ3) is 3.63. The quantitative estimate of drug-likeness (QED) is 0.825. The summed E-state index contributed by atoms with van der Waals surface area (Å²) in [4.78, 5) is 20.0. The van der Waals surface area contributed by atoms with Crippen molar-refractivity contribution in [3.63, 3.8) is 0 Å². The van der Waals surface area contributed by atoms with Crippen LogP contribution in [0.1, 0.15) is 37.0 Å². The summed E-state index contributed by atoms with van der Waals surface area (Å²) in [5.41, 5.74) is -0.419. The second kappa shape index (κ2) is 6.45. The highest BCUT2D eigenvalue weighted by Crippen LogP contribution is 2.13. The number of carbonyl (C=O) groups is 1. The van der Waals surface area contributed by atoms with E-state index in [1.807, 2.05) is 13.8 Å². The first kappa shape index (κ1) is 15.1. The van der Waals surface area contributed by atoms with Gasteiger partial charge in [0, 0.05) is 12.7 Å². The fourth-order valence-electron chi connectivity index (χ4n) is 1.83. The molecule has 112 valence electrons. The van der Waals surface area contributed by atoms with Crippen LogP contribution in [0.4, 0.5) is 0 Å². The molecule has 2 rings (SSSR count). The van der Waals surface area contributed by atoms with Crippen molar-refractivity contribution < 1.29 is 9.90 Å². The zero-order valence-electron chi connectivity index (χ0n) is 12.2. The van der Waals surface area contributed by atoms with Crippen LogP contribution >= 0.6 is 0 Å². The summed E-state index contributed by atoms with van der Waals surface area (Å²) in [5.74, 6) is 0.329. The van der Waals surface area contributed by atoms with Gasteiger partial charge in [-0.1, -0.05) is 13.8 Å². The number of hydrogen-bond donors (Lipinski definition) is 2. The molecule has 0 aromatic carbocycles. The van der Waals surface area contributed by atoms with E-state index in [0.717, 1.165) is 0 Å². The molecule has 0 aliphatic carbocycles. The summed E-state index contributed by atoms with van der Waals surface area (Å²) < 4.78 is 1.51. The van der Waals surface area contributed by atoms with Crippen molar-refractivity contribution in [3.05, 3.63) is 36.5 Å². The number of rotatable bonds is 6. The number of amides is 1. The molecule has 0 saturated carbocycles. The monoisotopic (exact) mass is 289 g/mol. The number of nitrogens with zero attached hydrogens (tertiary/aromatic N) is 4. The molecular formula is C14H19N5O2. The lowest BCUT2D eigenvalue weighted by Gasteiger charge is -2.25. The van der Waals surface area contributed by atoms with Gasteiger partial charge in [0.25, 0.3) is 5.91 Å². The second-order valence-electron chi connectivity index (χ2n) is 4.86. The molecule has 0 aliphatic rings. The molecule has 0 atom stereocenters. The van der Waals surface area contributed by atoms with Crippen LogP contribution in [0.15, 0.2) is 31.0 Å². The van der Waals surface area contributed by atoms with Crippen LogP contribution in [0.2, 0.25) is 0 Å². The molecule has 2 aromatic heterocycles. The van der Waals surface area contributed by atoms with E-state index in [2.05, 4.69) is 20.4 Å². The summed E-state index contributed by atoms with van der Waals surface area (Å²) in [6, 6.07) is 3.35. The Balaban J connectivity index is 2.00. The van der Waals surface area contributed by atoms with Gasteiger partial charge in [0.15, 0.2) is 5.82 Å². The van der Waals surface area contributed by atoms with Crippen molar-refractivity contribution in [2.45, 2.75) is 32.3 Å². The average Bonchev–Trinajstić information content (AvgIpc) is 3.07. The molecule has 21 heavy (non-hydrogen) atoms. The first-order valence-electron chi connectivity index (χ1n) is 6.89. The average molecular weight is 289 g/mol. The molecule has 2 heterocycles. The predicted molar refractivity (Wildman–Crippen MR) is 77.0 cm³/mol. The van der Waals surface area contributed by atoms with Crippen molar-refractivity contribution in [2.75, 3.05) is 6.54 Å². The van der Waals surface area contributed by atoms with E-state index in [4.69, 9.17) is 0 Å². The first-order valence-corrected chi connectivity index (χ1v) is 6.89. The van der Waals surface area contributed by atoms with Gasteiger partial charge in [-0.15, -0.1) is 0 Å². The zero-order valence-corrected chi connectivity index (χ0v) is 12.2. The Labute approximate surface area is 123 Å². The van der Waals surface area contributed by atoms with Crippen molar-refractivity contribution in [1.29, 1.82) is 0 Å². The summed E-state index contributed by atoms with van der Waals surface area (Å²) in [7, 11) is 0. The number of aromatic nitrogens is 4. The lowest BCUT2D eigenvalue weighted by Crippen LogP contribution is -2.42. The second-order valence-corrected chi connectivity index (χ2v) is 4.86. The van der Waals surface area contributed by atoms with E-state index in [-0.39, 0.29) is 12.5 Å². The molecule has 7 nitrogen and oxygen atoms in total. The molecule has 2 N–H and O–H groups in total. The Morgan fingerprint density at radius 1 is 1.38 bits per heavy atom. The standard InChI is InChI=1S/C14H19N5O2/c1-3-14(21,4-2)8-17-13(20)11-5-6-12(16-7-11)19-10-15-9-18-19/h5-7,9-10,21H,3-4,8H2,1-2H3,(H,17,20). The number of hydrogen-bond acceptors (Lipinski definition) is 5. The molecule has 1 amide bonds. The molecule has 0 unspecified atom stereocenters. The van der Waals surface area contributed by atoms with Crippen LogP contribution in [0.3, 0.4) is 0 Å². The highest BCUT2D eigenvalue weighted by molar-refractivity contribution is 5.93. The SMILES string of the molecule is CCC(O)(CC)CNC(=O)c1ccc(-n2cncn2)nc1.